The summed E-state index contributed by atoms with van der Waals surface area (Å²) in [7, 11) is 0. The SMILES string of the molecule is Nc1nc(=O)n(C2OC(CO)/C(=C/F)C2F)cc1S. The molecular weight excluding hydrogens is 280 g/mol. The number of aliphatic hydroxyl groups is 1. The highest BCUT2D eigenvalue weighted by Crippen LogP contribution is 2.35. The van der Waals surface area contributed by atoms with Crippen molar-refractivity contribution in [3.05, 3.63) is 28.6 Å². The molecule has 0 spiro atoms. The molecule has 3 unspecified atom stereocenters. The Hall–Kier alpha value is -1.45. The maximum absolute atomic E-state index is 14.0. The van der Waals surface area contributed by atoms with Crippen molar-refractivity contribution in [2.45, 2.75) is 23.4 Å². The van der Waals surface area contributed by atoms with Gasteiger partial charge in [0.1, 0.15) is 11.9 Å². The van der Waals surface area contributed by atoms with Crippen molar-refractivity contribution in [3.8, 4) is 0 Å². The first-order valence-corrected chi connectivity index (χ1v) is 5.72. The van der Waals surface area contributed by atoms with E-state index >= 15 is 0 Å². The highest BCUT2D eigenvalue weighted by Gasteiger charge is 2.42. The summed E-state index contributed by atoms with van der Waals surface area (Å²) in [5.74, 6) is -0.0991. The van der Waals surface area contributed by atoms with Gasteiger partial charge in [0.15, 0.2) is 12.4 Å². The first-order valence-electron chi connectivity index (χ1n) is 5.27. The fraction of sp³-hybridized carbons (Fsp3) is 0.400. The van der Waals surface area contributed by atoms with E-state index in [1.54, 1.807) is 0 Å². The second-order valence-corrected chi connectivity index (χ2v) is 4.39. The molecule has 3 atom stereocenters. The van der Waals surface area contributed by atoms with Gasteiger partial charge in [-0.25, -0.2) is 13.6 Å². The van der Waals surface area contributed by atoms with Crippen LogP contribution in [0.2, 0.25) is 0 Å². The largest absolute Gasteiger partial charge is 0.393 e. The molecule has 0 bridgehead atoms. The number of nitrogen functional groups attached to an aromatic ring is 1. The molecule has 0 saturated carbocycles. The molecule has 104 valence electrons. The molecule has 0 amide bonds. The summed E-state index contributed by atoms with van der Waals surface area (Å²) in [6.45, 7) is -0.600. The van der Waals surface area contributed by atoms with E-state index in [1.165, 1.54) is 0 Å². The van der Waals surface area contributed by atoms with Gasteiger partial charge in [0.05, 0.1) is 17.8 Å². The molecule has 1 saturated heterocycles. The van der Waals surface area contributed by atoms with E-state index in [0.29, 0.717) is 0 Å². The molecule has 2 rings (SSSR count). The zero-order chi connectivity index (χ0) is 14.2. The van der Waals surface area contributed by atoms with E-state index < -0.39 is 30.8 Å². The minimum atomic E-state index is -1.90. The van der Waals surface area contributed by atoms with Gasteiger partial charge in [0.2, 0.25) is 0 Å². The highest BCUT2D eigenvalue weighted by atomic mass is 32.1. The van der Waals surface area contributed by atoms with Gasteiger partial charge in [-0.2, -0.15) is 4.98 Å². The molecule has 9 heteroatoms. The van der Waals surface area contributed by atoms with Crippen molar-refractivity contribution in [2.75, 3.05) is 12.3 Å². The third-order valence-corrected chi connectivity index (χ3v) is 3.12. The van der Waals surface area contributed by atoms with Crippen molar-refractivity contribution in [2.24, 2.45) is 0 Å². The summed E-state index contributed by atoms with van der Waals surface area (Å²) >= 11 is 3.96. The zero-order valence-electron chi connectivity index (χ0n) is 9.53. The summed E-state index contributed by atoms with van der Waals surface area (Å²) in [6.07, 6.45) is -3.27. The van der Waals surface area contributed by atoms with Crippen molar-refractivity contribution >= 4 is 18.4 Å². The Morgan fingerprint density at radius 3 is 2.89 bits per heavy atom. The van der Waals surface area contributed by atoms with Gasteiger partial charge < -0.3 is 15.6 Å². The van der Waals surface area contributed by atoms with Gasteiger partial charge in [0, 0.05) is 11.8 Å². The predicted octanol–water partition coefficient (Wildman–Crippen LogP) is 0.195. The van der Waals surface area contributed by atoms with E-state index in [0.717, 1.165) is 10.8 Å². The number of ether oxygens (including phenoxy) is 1. The van der Waals surface area contributed by atoms with Gasteiger partial charge in [-0.05, 0) is 0 Å². The molecule has 1 aliphatic heterocycles. The molecule has 0 radical (unpaired) electrons. The van der Waals surface area contributed by atoms with E-state index in [1.807, 2.05) is 0 Å². The maximum atomic E-state index is 14.0. The van der Waals surface area contributed by atoms with Crippen LogP contribution in [0.15, 0.2) is 27.8 Å². The summed E-state index contributed by atoms with van der Waals surface area (Å²) in [6, 6.07) is 0. The van der Waals surface area contributed by atoms with E-state index in [-0.39, 0.29) is 22.6 Å². The van der Waals surface area contributed by atoms with Gasteiger partial charge in [-0.3, -0.25) is 4.57 Å². The van der Waals surface area contributed by atoms with E-state index in [9.17, 15) is 13.6 Å². The number of nitrogens with two attached hydrogens (primary N) is 1. The fourth-order valence-electron chi connectivity index (χ4n) is 1.80. The summed E-state index contributed by atoms with van der Waals surface area (Å²) < 4.78 is 32.5. The van der Waals surface area contributed by atoms with Crippen LogP contribution in [-0.4, -0.2) is 33.5 Å². The predicted molar refractivity (Wildman–Crippen MR) is 65.2 cm³/mol. The molecule has 3 N–H and O–H groups in total. The Balaban J connectivity index is 2.44. The quantitative estimate of drug-likeness (QED) is 0.677. The van der Waals surface area contributed by atoms with Crippen LogP contribution in [0, 0.1) is 0 Å². The Bertz CT molecular complexity index is 578. The minimum Gasteiger partial charge on any atom is -0.393 e. The Labute approximate surface area is 111 Å². The van der Waals surface area contributed by atoms with Crippen molar-refractivity contribution in [3.63, 3.8) is 0 Å². The van der Waals surface area contributed by atoms with Gasteiger partial charge in [0.25, 0.3) is 0 Å². The molecule has 0 aliphatic carbocycles. The molecule has 0 aromatic carbocycles. The number of rotatable bonds is 2. The van der Waals surface area contributed by atoms with Crippen LogP contribution in [0.4, 0.5) is 14.6 Å². The number of aliphatic hydroxyl groups excluding tert-OH is 1. The van der Waals surface area contributed by atoms with Crippen molar-refractivity contribution < 1.29 is 18.6 Å². The lowest BCUT2D eigenvalue weighted by molar-refractivity contribution is -0.0378. The molecule has 6 nitrogen and oxygen atoms in total. The highest BCUT2D eigenvalue weighted by molar-refractivity contribution is 7.80. The lowest BCUT2D eigenvalue weighted by Gasteiger charge is -2.16. The van der Waals surface area contributed by atoms with Crippen LogP contribution in [0.3, 0.4) is 0 Å². The first kappa shape index (κ1) is 14.0. The van der Waals surface area contributed by atoms with Gasteiger partial charge in [-0.15, -0.1) is 12.6 Å². The van der Waals surface area contributed by atoms with Crippen LogP contribution in [0.1, 0.15) is 6.23 Å². The van der Waals surface area contributed by atoms with Crippen LogP contribution >= 0.6 is 12.6 Å². The lowest BCUT2D eigenvalue weighted by atomic mass is 10.1. The topological polar surface area (TPSA) is 90.4 Å². The number of alkyl halides is 1. The van der Waals surface area contributed by atoms with Gasteiger partial charge >= 0.3 is 5.69 Å². The second-order valence-electron chi connectivity index (χ2n) is 3.91. The molecule has 2 heterocycles. The maximum Gasteiger partial charge on any atom is 0.351 e. The van der Waals surface area contributed by atoms with Crippen LogP contribution in [-0.2, 0) is 4.74 Å². The third-order valence-electron chi connectivity index (χ3n) is 2.77. The monoisotopic (exact) mass is 291 g/mol. The molecule has 1 fully saturated rings. The van der Waals surface area contributed by atoms with Gasteiger partial charge in [-0.1, -0.05) is 0 Å². The van der Waals surface area contributed by atoms with Crippen LogP contribution in [0.5, 0.6) is 0 Å². The number of thiol groups is 1. The molecule has 19 heavy (non-hydrogen) atoms. The number of anilines is 1. The minimum absolute atomic E-state index is 0.0307. The van der Waals surface area contributed by atoms with E-state index in [4.69, 9.17) is 15.6 Å². The summed E-state index contributed by atoms with van der Waals surface area (Å²) in [5.41, 5.74) is 4.17. The first-order chi connectivity index (χ1) is 8.99. The number of hydrogen-bond acceptors (Lipinski definition) is 6. The standard InChI is InChI=1S/C10H11F2N3O3S/c11-1-4-5(3-16)18-9(7(4)12)15-2-6(19)8(13)14-10(15)17/h1-2,5,7,9,16,19H,3H2,(H2,13,14,17)/b4-1-. The van der Waals surface area contributed by atoms with Crippen molar-refractivity contribution in [1.29, 1.82) is 0 Å². The second kappa shape index (κ2) is 5.27. The number of aromatic nitrogens is 2. The summed E-state index contributed by atoms with van der Waals surface area (Å²) in [5, 5.41) is 8.98. The molecule has 1 aromatic heterocycles. The fourth-order valence-corrected chi connectivity index (χ4v) is 1.97. The normalized spacial score (nSPS) is 29.1. The Kier molecular flexibility index (Phi) is 3.88. The number of hydrogen-bond donors (Lipinski definition) is 3. The average Bonchev–Trinajstić information content (AvgIpc) is 2.70. The van der Waals surface area contributed by atoms with Crippen LogP contribution < -0.4 is 11.4 Å². The number of nitrogens with zero attached hydrogens (tertiary/aromatic N) is 2. The smallest absolute Gasteiger partial charge is 0.351 e. The zero-order valence-corrected chi connectivity index (χ0v) is 10.4. The molecule has 1 aliphatic rings. The third kappa shape index (κ3) is 2.36. The van der Waals surface area contributed by atoms with E-state index in [2.05, 4.69) is 17.6 Å². The Morgan fingerprint density at radius 2 is 2.37 bits per heavy atom. The number of halogens is 2. The van der Waals surface area contributed by atoms with Crippen LogP contribution in [0.25, 0.3) is 0 Å². The van der Waals surface area contributed by atoms with Crippen molar-refractivity contribution in [1.82, 2.24) is 9.55 Å². The Morgan fingerprint density at radius 1 is 1.68 bits per heavy atom. The molecule has 1 aromatic rings. The lowest BCUT2D eigenvalue weighted by Crippen LogP contribution is -2.31. The summed E-state index contributed by atoms with van der Waals surface area (Å²) in [4.78, 5) is 15.2. The molecular formula is C10H11F2N3O3S. The average molecular weight is 291 g/mol.